The first kappa shape index (κ1) is 16.5. The molecular weight excluding hydrogens is 400 g/mol. The van der Waals surface area contributed by atoms with Gasteiger partial charge in [-0.15, -0.1) is 10.2 Å². The summed E-state index contributed by atoms with van der Waals surface area (Å²) in [5.74, 6) is 1.87. The highest BCUT2D eigenvalue weighted by molar-refractivity contribution is 9.11. The van der Waals surface area contributed by atoms with Crippen LogP contribution in [0.4, 0.5) is 0 Å². The topological polar surface area (TPSA) is 52.0 Å². The molecule has 7 heteroatoms. The fraction of sp³-hybridized carbons (Fsp3) is 0.429. The third-order valence-electron chi connectivity index (χ3n) is 3.02. The van der Waals surface area contributed by atoms with E-state index in [1.54, 1.807) is 6.33 Å². The van der Waals surface area contributed by atoms with Crippen LogP contribution in [0.15, 0.2) is 27.4 Å². The third kappa shape index (κ3) is 4.52. The van der Waals surface area contributed by atoms with E-state index < -0.39 is 0 Å². The fourth-order valence-corrected chi connectivity index (χ4v) is 3.44. The number of hydrogen-bond acceptors (Lipinski definition) is 4. The summed E-state index contributed by atoms with van der Waals surface area (Å²) in [7, 11) is 1.95. The van der Waals surface area contributed by atoms with E-state index in [9.17, 15) is 0 Å². The van der Waals surface area contributed by atoms with E-state index >= 15 is 0 Å². The Labute approximate surface area is 141 Å². The van der Waals surface area contributed by atoms with Crippen LogP contribution in [0.5, 0.6) is 5.75 Å². The van der Waals surface area contributed by atoms with Gasteiger partial charge in [0.1, 0.15) is 17.9 Å². The average Bonchev–Trinajstić information content (AvgIpc) is 2.84. The van der Waals surface area contributed by atoms with Crippen molar-refractivity contribution >= 4 is 31.9 Å². The molecule has 0 atom stereocenters. The number of rotatable bonds is 7. The summed E-state index contributed by atoms with van der Waals surface area (Å²) >= 11 is 7.06. The summed E-state index contributed by atoms with van der Waals surface area (Å²) in [6, 6.07) is 4.07. The highest BCUT2D eigenvalue weighted by Gasteiger charge is 2.10. The highest BCUT2D eigenvalue weighted by Crippen LogP contribution is 2.32. The number of hydrogen-bond donors (Lipinski definition) is 1. The van der Waals surface area contributed by atoms with Gasteiger partial charge in [0.15, 0.2) is 0 Å². The van der Waals surface area contributed by atoms with Crippen LogP contribution in [0, 0.1) is 0 Å². The predicted molar refractivity (Wildman–Crippen MR) is 89.4 cm³/mol. The molecule has 114 valence electrons. The lowest BCUT2D eigenvalue weighted by Crippen LogP contribution is -2.19. The minimum atomic E-state index is 0.645. The standard InChI is InChI=1S/C14H18Br2N4O/c1-3-21-14-10(6-11(15)7-12(14)16)8-17-5-4-13-19-18-9-20(13)2/h6-7,9,17H,3-5,8H2,1-2H3. The van der Waals surface area contributed by atoms with Gasteiger partial charge in [0.2, 0.25) is 0 Å². The van der Waals surface area contributed by atoms with Crippen molar-refractivity contribution in [3.8, 4) is 5.75 Å². The van der Waals surface area contributed by atoms with Gasteiger partial charge in [0.05, 0.1) is 11.1 Å². The minimum absolute atomic E-state index is 0.645. The minimum Gasteiger partial charge on any atom is -0.492 e. The van der Waals surface area contributed by atoms with E-state index in [2.05, 4.69) is 53.4 Å². The molecule has 0 fully saturated rings. The number of benzene rings is 1. The van der Waals surface area contributed by atoms with Crippen LogP contribution in [0.25, 0.3) is 0 Å². The molecule has 0 saturated heterocycles. The van der Waals surface area contributed by atoms with Gasteiger partial charge in [-0.25, -0.2) is 0 Å². The Hall–Kier alpha value is -0.920. The van der Waals surface area contributed by atoms with Crippen molar-refractivity contribution in [2.45, 2.75) is 19.9 Å². The summed E-state index contributed by atoms with van der Waals surface area (Å²) in [4.78, 5) is 0. The van der Waals surface area contributed by atoms with Gasteiger partial charge in [-0.1, -0.05) is 15.9 Å². The maximum absolute atomic E-state index is 5.71. The van der Waals surface area contributed by atoms with Crippen LogP contribution in [0.2, 0.25) is 0 Å². The first-order chi connectivity index (χ1) is 10.1. The van der Waals surface area contributed by atoms with Crippen molar-refractivity contribution in [3.05, 3.63) is 38.8 Å². The van der Waals surface area contributed by atoms with Gasteiger partial charge in [-0.2, -0.15) is 0 Å². The summed E-state index contributed by atoms with van der Waals surface area (Å²) in [6.07, 6.45) is 2.56. The lowest BCUT2D eigenvalue weighted by molar-refractivity contribution is 0.333. The number of aryl methyl sites for hydroxylation is 1. The van der Waals surface area contributed by atoms with Gasteiger partial charge in [-0.05, 0) is 35.0 Å². The molecule has 5 nitrogen and oxygen atoms in total. The van der Waals surface area contributed by atoms with Crippen LogP contribution in [0.3, 0.4) is 0 Å². The average molecular weight is 418 g/mol. The molecule has 0 unspecified atom stereocenters. The number of aromatic nitrogens is 3. The van der Waals surface area contributed by atoms with Crippen LogP contribution in [-0.2, 0) is 20.0 Å². The van der Waals surface area contributed by atoms with Crippen molar-refractivity contribution in [2.24, 2.45) is 7.05 Å². The Morgan fingerprint density at radius 3 is 2.81 bits per heavy atom. The van der Waals surface area contributed by atoms with Crippen LogP contribution in [0.1, 0.15) is 18.3 Å². The van der Waals surface area contributed by atoms with E-state index in [0.717, 1.165) is 45.6 Å². The number of nitrogens with zero attached hydrogens (tertiary/aromatic N) is 3. The van der Waals surface area contributed by atoms with E-state index in [1.807, 2.05) is 24.6 Å². The summed E-state index contributed by atoms with van der Waals surface area (Å²) < 4.78 is 9.64. The van der Waals surface area contributed by atoms with Crippen molar-refractivity contribution < 1.29 is 4.74 Å². The zero-order chi connectivity index (χ0) is 15.2. The Bertz CT molecular complexity index is 601. The molecule has 2 aromatic rings. The van der Waals surface area contributed by atoms with Crippen molar-refractivity contribution in [1.29, 1.82) is 0 Å². The Balaban J connectivity index is 1.94. The first-order valence-electron chi connectivity index (χ1n) is 6.76. The van der Waals surface area contributed by atoms with E-state index in [-0.39, 0.29) is 0 Å². The van der Waals surface area contributed by atoms with E-state index in [0.29, 0.717) is 6.61 Å². The molecule has 1 aromatic carbocycles. The SMILES string of the molecule is CCOc1c(Br)cc(Br)cc1CNCCc1nncn1C. The third-order valence-corrected chi connectivity index (χ3v) is 4.07. The lowest BCUT2D eigenvalue weighted by atomic mass is 10.2. The summed E-state index contributed by atoms with van der Waals surface area (Å²) in [6.45, 7) is 4.21. The highest BCUT2D eigenvalue weighted by atomic mass is 79.9. The molecule has 0 amide bonds. The zero-order valence-electron chi connectivity index (χ0n) is 12.1. The second-order valence-corrected chi connectivity index (χ2v) is 6.36. The monoisotopic (exact) mass is 416 g/mol. The molecule has 0 radical (unpaired) electrons. The number of ether oxygens (including phenoxy) is 1. The molecule has 0 aliphatic carbocycles. The normalized spacial score (nSPS) is 10.9. The molecular formula is C14H18Br2N4O. The predicted octanol–water partition coefficient (Wildman–Crippen LogP) is 3.07. The summed E-state index contributed by atoms with van der Waals surface area (Å²) in [5, 5.41) is 11.4. The van der Waals surface area contributed by atoms with Gasteiger partial charge in [-0.3, -0.25) is 0 Å². The zero-order valence-corrected chi connectivity index (χ0v) is 15.2. The molecule has 0 aliphatic heterocycles. The van der Waals surface area contributed by atoms with Gasteiger partial charge >= 0.3 is 0 Å². The molecule has 1 heterocycles. The van der Waals surface area contributed by atoms with Crippen molar-refractivity contribution in [2.75, 3.05) is 13.2 Å². The van der Waals surface area contributed by atoms with Gasteiger partial charge < -0.3 is 14.6 Å². The fourth-order valence-electron chi connectivity index (χ4n) is 2.01. The number of nitrogens with one attached hydrogen (secondary N) is 1. The van der Waals surface area contributed by atoms with Crippen LogP contribution in [-0.4, -0.2) is 27.9 Å². The molecule has 0 aliphatic rings. The van der Waals surface area contributed by atoms with Crippen LogP contribution >= 0.6 is 31.9 Å². The largest absolute Gasteiger partial charge is 0.492 e. The molecule has 2 rings (SSSR count). The molecule has 21 heavy (non-hydrogen) atoms. The Morgan fingerprint density at radius 2 is 2.14 bits per heavy atom. The second-order valence-electron chi connectivity index (χ2n) is 4.59. The van der Waals surface area contributed by atoms with E-state index in [4.69, 9.17) is 4.74 Å². The van der Waals surface area contributed by atoms with Gasteiger partial charge in [0, 0.05) is 36.6 Å². The van der Waals surface area contributed by atoms with Crippen molar-refractivity contribution in [1.82, 2.24) is 20.1 Å². The Kier molecular flexibility index (Phi) is 6.20. The Morgan fingerprint density at radius 1 is 1.33 bits per heavy atom. The maximum Gasteiger partial charge on any atom is 0.138 e. The van der Waals surface area contributed by atoms with Crippen molar-refractivity contribution in [3.63, 3.8) is 0 Å². The second kappa shape index (κ2) is 7.91. The van der Waals surface area contributed by atoms with Gasteiger partial charge in [0.25, 0.3) is 0 Å². The lowest BCUT2D eigenvalue weighted by Gasteiger charge is -2.13. The maximum atomic E-state index is 5.71. The van der Waals surface area contributed by atoms with Crippen LogP contribution < -0.4 is 10.1 Å². The quantitative estimate of drug-likeness (QED) is 0.703. The molecule has 1 N–H and O–H groups in total. The molecule has 0 saturated carbocycles. The summed E-state index contributed by atoms with van der Waals surface area (Å²) in [5.41, 5.74) is 1.12. The molecule has 1 aromatic heterocycles. The smallest absolute Gasteiger partial charge is 0.138 e. The van der Waals surface area contributed by atoms with E-state index in [1.165, 1.54) is 0 Å². The number of halogens is 2. The molecule has 0 spiro atoms. The first-order valence-corrected chi connectivity index (χ1v) is 8.34. The molecule has 0 bridgehead atoms.